The van der Waals surface area contributed by atoms with Crippen molar-refractivity contribution in [2.75, 3.05) is 0 Å². The summed E-state index contributed by atoms with van der Waals surface area (Å²) < 4.78 is 3.58. The number of benzene rings is 1. The average Bonchev–Trinajstić information content (AvgIpc) is 3.13. The van der Waals surface area contributed by atoms with Gasteiger partial charge in [0.15, 0.2) is 0 Å². The van der Waals surface area contributed by atoms with Crippen molar-refractivity contribution in [3.63, 3.8) is 0 Å². The molecule has 5 heteroatoms. The minimum atomic E-state index is -0.0705. The first-order valence-electron chi connectivity index (χ1n) is 11.9. The quantitative estimate of drug-likeness (QED) is 0.285. The number of ketones is 2. The van der Waals surface area contributed by atoms with Gasteiger partial charge in [-0.25, -0.2) is 0 Å². The van der Waals surface area contributed by atoms with Crippen LogP contribution in [0.4, 0.5) is 0 Å². The predicted octanol–water partition coefficient (Wildman–Crippen LogP) is 5.28. The number of unbranched alkanes of at least 4 members (excludes halogenated alkanes) is 9. The molecule has 0 saturated carbocycles. The van der Waals surface area contributed by atoms with Crippen LogP contribution in [0.5, 0.6) is 0 Å². The summed E-state index contributed by atoms with van der Waals surface area (Å²) in [6.45, 7) is 5.77. The van der Waals surface area contributed by atoms with Gasteiger partial charge in [-0.15, -0.1) is 9.36 Å². The van der Waals surface area contributed by atoms with Crippen LogP contribution in [-0.4, -0.2) is 21.5 Å². The second-order valence-corrected chi connectivity index (χ2v) is 8.42. The fourth-order valence-electron chi connectivity index (χ4n) is 4.27. The van der Waals surface area contributed by atoms with E-state index in [1.807, 2.05) is 12.1 Å². The number of hydrogen-bond donors (Lipinski definition) is 0. The highest BCUT2D eigenvalue weighted by atomic mass is 16.1. The average molecular weight is 411 g/mol. The molecule has 1 aromatic carbocycles. The van der Waals surface area contributed by atoms with Gasteiger partial charge in [0.05, 0.1) is 5.21 Å². The van der Waals surface area contributed by atoms with E-state index in [1.165, 1.54) is 38.5 Å². The Kier molecular flexibility index (Phi) is 8.35. The molecule has 0 atom stereocenters. The summed E-state index contributed by atoms with van der Waals surface area (Å²) in [4.78, 5) is 26.4. The third-order valence-corrected chi connectivity index (χ3v) is 6.00. The normalized spacial score (nSPS) is 12.9. The second-order valence-electron chi connectivity index (χ2n) is 8.42. The zero-order chi connectivity index (χ0) is 21.3. The molecule has 1 aliphatic carbocycles. The Morgan fingerprint density at radius 1 is 0.767 bits per heavy atom. The number of hydrogen-bond acceptors (Lipinski definition) is 3. The topological polar surface area (TPSA) is 55.8 Å². The molecule has 30 heavy (non-hydrogen) atoms. The number of nitrogens with zero attached hydrogens (tertiary/aromatic N) is 3. The van der Waals surface area contributed by atoms with Crippen LogP contribution in [0.25, 0.3) is 0 Å². The summed E-state index contributed by atoms with van der Waals surface area (Å²) in [5, 5.41) is 4.70. The van der Waals surface area contributed by atoms with Crippen LogP contribution < -0.4 is 4.68 Å². The molecule has 0 spiro atoms. The maximum absolute atomic E-state index is 13.2. The highest BCUT2D eigenvalue weighted by molar-refractivity contribution is 6.26. The zero-order valence-corrected chi connectivity index (χ0v) is 18.7. The van der Waals surface area contributed by atoms with Crippen molar-refractivity contribution in [2.24, 2.45) is 0 Å². The van der Waals surface area contributed by atoms with Crippen molar-refractivity contribution in [1.82, 2.24) is 9.90 Å². The molecule has 0 N–H and O–H groups in total. The molecule has 5 nitrogen and oxygen atoms in total. The standard InChI is InChI=1S/C25H36N3O2/c1-3-5-7-8-9-10-11-15-19-28-23-22(27(26-28)18-14-6-4-2)24(29)20-16-12-13-17-21(20)25(23)30/h12-13,16-17H,3-11,14-15,18-19H2,1-2H3/q+1. The summed E-state index contributed by atoms with van der Waals surface area (Å²) >= 11 is 0. The lowest BCUT2D eigenvalue weighted by Crippen LogP contribution is -2.43. The minimum absolute atomic E-state index is 0.0680. The molecule has 0 fully saturated rings. The van der Waals surface area contributed by atoms with E-state index < -0.39 is 0 Å². The van der Waals surface area contributed by atoms with E-state index >= 15 is 0 Å². The molecule has 1 heterocycles. The molecule has 3 rings (SSSR count). The van der Waals surface area contributed by atoms with Crippen molar-refractivity contribution < 1.29 is 14.3 Å². The fourth-order valence-corrected chi connectivity index (χ4v) is 4.27. The van der Waals surface area contributed by atoms with Crippen molar-refractivity contribution in [1.29, 1.82) is 0 Å². The lowest BCUT2D eigenvalue weighted by atomic mass is 9.90. The molecule has 2 aromatic rings. The van der Waals surface area contributed by atoms with Crippen LogP contribution in [0.15, 0.2) is 24.3 Å². The van der Waals surface area contributed by atoms with E-state index in [4.69, 9.17) is 5.21 Å². The molecule has 0 unspecified atom stereocenters. The Hall–Kier alpha value is -2.30. The van der Waals surface area contributed by atoms with E-state index in [0.29, 0.717) is 35.6 Å². The lowest BCUT2D eigenvalue weighted by Gasteiger charge is -2.11. The Morgan fingerprint density at radius 3 is 2.00 bits per heavy atom. The molecule has 0 radical (unpaired) electrons. The number of carbonyl (C=O) groups is 2. The third kappa shape index (κ3) is 5.05. The molecule has 0 amide bonds. The van der Waals surface area contributed by atoms with Gasteiger partial charge in [-0.3, -0.25) is 9.59 Å². The van der Waals surface area contributed by atoms with E-state index in [9.17, 15) is 9.59 Å². The minimum Gasteiger partial charge on any atom is -0.284 e. The summed E-state index contributed by atoms with van der Waals surface area (Å²) in [6.07, 6.45) is 13.0. The van der Waals surface area contributed by atoms with Gasteiger partial charge >= 0.3 is 0 Å². The summed E-state index contributed by atoms with van der Waals surface area (Å²) in [7, 11) is 0. The van der Waals surface area contributed by atoms with Gasteiger partial charge in [0.2, 0.25) is 23.0 Å². The second kappa shape index (κ2) is 11.2. The van der Waals surface area contributed by atoms with Gasteiger partial charge < -0.3 is 0 Å². The number of aryl methyl sites for hydroxylation is 2. The van der Waals surface area contributed by atoms with Crippen molar-refractivity contribution in [2.45, 2.75) is 97.6 Å². The van der Waals surface area contributed by atoms with Crippen LogP contribution in [0.1, 0.15) is 117 Å². The van der Waals surface area contributed by atoms with Crippen LogP contribution in [0, 0.1) is 0 Å². The molecule has 0 bridgehead atoms. The maximum atomic E-state index is 13.2. The predicted molar refractivity (Wildman–Crippen MR) is 118 cm³/mol. The van der Waals surface area contributed by atoms with E-state index in [2.05, 4.69) is 13.8 Å². The van der Waals surface area contributed by atoms with Crippen molar-refractivity contribution in [3.8, 4) is 0 Å². The van der Waals surface area contributed by atoms with Crippen LogP contribution in [-0.2, 0) is 13.1 Å². The first kappa shape index (κ1) is 22.4. The number of rotatable bonds is 13. The molecule has 162 valence electrons. The number of aromatic nitrogens is 3. The van der Waals surface area contributed by atoms with Crippen LogP contribution in [0.2, 0.25) is 0 Å². The first-order valence-corrected chi connectivity index (χ1v) is 11.9. The third-order valence-electron chi connectivity index (χ3n) is 6.00. The lowest BCUT2D eigenvalue weighted by molar-refractivity contribution is -0.757. The molecule has 1 aromatic heterocycles. The molecule has 1 aliphatic rings. The summed E-state index contributed by atoms with van der Waals surface area (Å²) in [5.41, 5.74) is 1.98. The van der Waals surface area contributed by atoms with E-state index in [0.717, 1.165) is 32.1 Å². The molecule has 0 aliphatic heterocycles. The van der Waals surface area contributed by atoms with Gasteiger partial charge in [-0.05, 0) is 25.7 Å². The Morgan fingerprint density at radius 2 is 1.33 bits per heavy atom. The Bertz CT molecular complexity index is 869. The first-order chi connectivity index (χ1) is 14.7. The maximum Gasteiger partial charge on any atom is 0.249 e. The van der Waals surface area contributed by atoms with Gasteiger partial charge in [-0.1, -0.05) is 83.1 Å². The monoisotopic (exact) mass is 410 g/mol. The van der Waals surface area contributed by atoms with Gasteiger partial charge in [0.25, 0.3) is 0 Å². The smallest absolute Gasteiger partial charge is 0.249 e. The van der Waals surface area contributed by atoms with E-state index in [-0.39, 0.29) is 11.6 Å². The van der Waals surface area contributed by atoms with Gasteiger partial charge in [0.1, 0.15) is 13.1 Å². The van der Waals surface area contributed by atoms with Gasteiger partial charge in [0, 0.05) is 11.1 Å². The van der Waals surface area contributed by atoms with Crippen molar-refractivity contribution in [3.05, 3.63) is 46.8 Å². The molecule has 0 saturated heterocycles. The summed E-state index contributed by atoms with van der Waals surface area (Å²) in [5.74, 6) is -0.139. The highest BCUT2D eigenvalue weighted by Crippen LogP contribution is 2.25. The largest absolute Gasteiger partial charge is 0.284 e. The van der Waals surface area contributed by atoms with Crippen LogP contribution in [0.3, 0.4) is 0 Å². The molecular weight excluding hydrogens is 374 g/mol. The van der Waals surface area contributed by atoms with Crippen molar-refractivity contribution >= 4 is 11.6 Å². The number of fused-ring (bicyclic) bond motifs is 2. The zero-order valence-electron chi connectivity index (χ0n) is 18.7. The van der Waals surface area contributed by atoms with Gasteiger partial charge in [-0.2, -0.15) is 0 Å². The Labute approximate surface area is 180 Å². The Balaban J connectivity index is 1.72. The van der Waals surface area contributed by atoms with E-state index in [1.54, 1.807) is 21.5 Å². The fraction of sp³-hybridized carbons (Fsp3) is 0.600. The SMILES string of the molecule is CCCCCCCCCCn1n[n+](CCCCC)c2c1C(=O)c1ccccc1C2=O. The summed E-state index contributed by atoms with van der Waals surface area (Å²) in [6, 6.07) is 7.16. The van der Waals surface area contributed by atoms with Crippen LogP contribution >= 0.6 is 0 Å². The number of carbonyl (C=O) groups excluding carboxylic acids is 2. The molecular formula is C25H36N3O2+. The highest BCUT2D eigenvalue weighted by Gasteiger charge is 2.42.